The number of thioether (sulfide) groups is 2. The Morgan fingerprint density at radius 2 is 1.56 bits per heavy atom. The number of aromatic nitrogens is 1. The first kappa shape index (κ1) is 30.6. The van der Waals surface area contributed by atoms with Gasteiger partial charge in [-0.25, -0.2) is 9.78 Å². The van der Waals surface area contributed by atoms with Crippen molar-refractivity contribution in [1.82, 2.24) is 9.88 Å². The van der Waals surface area contributed by atoms with E-state index >= 15 is 0 Å². The van der Waals surface area contributed by atoms with Crippen LogP contribution in [0.4, 0.5) is 16.2 Å². The predicted molar refractivity (Wildman–Crippen MR) is 183 cm³/mol. The van der Waals surface area contributed by atoms with E-state index in [0.29, 0.717) is 13.1 Å². The summed E-state index contributed by atoms with van der Waals surface area (Å²) < 4.78 is 6.51. The van der Waals surface area contributed by atoms with Gasteiger partial charge in [-0.3, -0.25) is 0 Å². The molecule has 5 rings (SSSR count). The molecule has 43 heavy (non-hydrogen) atoms. The molecule has 2 amide bonds. The highest BCUT2D eigenvalue weighted by Crippen LogP contribution is 2.38. The number of rotatable bonds is 9. The number of hydrogen-bond donors (Lipinski definition) is 1. The second-order valence-corrected chi connectivity index (χ2v) is 12.6. The van der Waals surface area contributed by atoms with Gasteiger partial charge >= 0.3 is 6.03 Å². The molecule has 6 nitrogen and oxygen atoms in total. The second-order valence-electron chi connectivity index (χ2n) is 11.0. The Labute approximate surface area is 262 Å². The number of anilines is 2. The van der Waals surface area contributed by atoms with Gasteiger partial charge in [0.1, 0.15) is 16.4 Å². The van der Waals surface area contributed by atoms with Crippen molar-refractivity contribution in [2.45, 2.75) is 43.8 Å². The van der Waals surface area contributed by atoms with Crippen molar-refractivity contribution in [2.24, 2.45) is 0 Å². The lowest BCUT2D eigenvalue weighted by atomic mass is 9.99. The third kappa shape index (κ3) is 6.86. The summed E-state index contributed by atoms with van der Waals surface area (Å²) in [6, 6.07) is 24.8. The molecule has 0 fully saturated rings. The lowest BCUT2D eigenvalue weighted by molar-refractivity contribution is 0.202. The number of urea groups is 1. The van der Waals surface area contributed by atoms with Gasteiger partial charge in [-0.2, -0.15) is 0 Å². The van der Waals surface area contributed by atoms with Crippen molar-refractivity contribution >= 4 is 51.9 Å². The number of fused-ring (bicyclic) bond motifs is 1. The summed E-state index contributed by atoms with van der Waals surface area (Å²) in [5.41, 5.74) is 9.04. The summed E-state index contributed by atoms with van der Waals surface area (Å²) in [5, 5.41) is 5.07. The molecule has 0 aliphatic carbocycles. The zero-order valence-corrected chi connectivity index (χ0v) is 27.5. The van der Waals surface area contributed by atoms with Crippen molar-refractivity contribution in [3.63, 3.8) is 0 Å². The Morgan fingerprint density at radius 3 is 2.21 bits per heavy atom. The predicted octanol–water partition coefficient (Wildman–Crippen LogP) is 9.16. The number of nitrogens with one attached hydrogen (secondary N) is 1. The summed E-state index contributed by atoms with van der Waals surface area (Å²) in [6.45, 7) is 6.85. The quantitative estimate of drug-likeness (QED) is 0.168. The lowest BCUT2D eigenvalue weighted by Crippen LogP contribution is -2.34. The largest absolute Gasteiger partial charge is 0.459 e. The fraction of sp³-hybridized carbons (Fsp3) is 0.257. The molecule has 0 saturated heterocycles. The highest BCUT2D eigenvalue weighted by Gasteiger charge is 2.24. The number of carbonyl (C=O) groups is 1. The number of nitrogens with zero attached hydrogens (tertiary/aromatic N) is 3. The molecule has 0 spiro atoms. The van der Waals surface area contributed by atoms with Crippen LogP contribution in [0.25, 0.3) is 22.1 Å². The first-order valence-electron chi connectivity index (χ1n) is 14.2. The van der Waals surface area contributed by atoms with Crippen LogP contribution in [0, 0.1) is 20.8 Å². The van der Waals surface area contributed by atoms with Gasteiger partial charge in [-0.1, -0.05) is 53.6 Å². The van der Waals surface area contributed by atoms with E-state index in [0.717, 1.165) is 66.0 Å². The van der Waals surface area contributed by atoms with Crippen LogP contribution in [0.2, 0.25) is 0 Å². The molecule has 0 unspecified atom stereocenters. The van der Waals surface area contributed by atoms with Gasteiger partial charge in [-0.05, 0) is 74.7 Å². The van der Waals surface area contributed by atoms with Crippen LogP contribution in [0.1, 0.15) is 28.1 Å². The maximum absolute atomic E-state index is 14.2. The van der Waals surface area contributed by atoms with E-state index in [2.05, 4.69) is 84.7 Å². The average molecular weight is 611 g/mol. The van der Waals surface area contributed by atoms with Crippen LogP contribution in [0.3, 0.4) is 0 Å². The van der Waals surface area contributed by atoms with Crippen molar-refractivity contribution < 1.29 is 9.21 Å². The van der Waals surface area contributed by atoms with E-state index in [1.807, 2.05) is 50.6 Å². The van der Waals surface area contributed by atoms with Gasteiger partial charge < -0.3 is 19.5 Å². The molecule has 1 N–H and O–H groups in total. The van der Waals surface area contributed by atoms with Crippen LogP contribution < -0.4 is 10.2 Å². The van der Waals surface area contributed by atoms with E-state index in [1.165, 1.54) is 17.3 Å². The van der Waals surface area contributed by atoms with Crippen LogP contribution in [0.15, 0.2) is 87.1 Å². The maximum atomic E-state index is 14.2. The third-order valence-electron chi connectivity index (χ3n) is 7.43. The second kappa shape index (κ2) is 13.2. The van der Waals surface area contributed by atoms with Gasteiger partial charge in [0.15, 0.2) is 0 Å². The molecule has 0 aliphatic rings. The van der Waals surface area contributed by atoms with Gasteiger partial charge in [-0.15, -0.1) is 23.5 Å². The van der Waals surface area contributed by atoms with Gasteiger partial charge in [0.05, 0.1) is 12.2 Å². The van der Waals surface area contributed by atoms with Crippen LogP contribution in [0.5, 0.6) is 0 Å². The summed E-state index contributed by atoms with van der Waals surface area (Å²) in [5.74, 6) is 0.752. The molecule has 0 aliphatic heterocycles. The van der Waals surface area contributed by atoms with E-state index in [-0.39, 0.29) is 6.03 Å². The molecule has 2 heterocycles. The van der Waals surface area contributed by atoms with E-state index < -0.39 is 0 Å². The minimum Gasteiger partial charge on any atom is -0.459 e. The number of amides is 2. The SMILES string of the molecule is CSc1cc(C)nc(SC)c1NC(=O)N(Cc1ccc(N(C)C)cc1)Cc1oc2ccc(C)cc2c1-c1ccc(C)cc1. The standard InChI is InChI=1S/C35H38N4O2S2/c1-22-8-13-26(14-9-22)32-28-18-23(2)10-17-29(28)41-30(32)21-39(20-25-11-15-27(16-12-25)38(4)5)35(40)37-33-31(42-6)19-24(3)36-34(33)43-7/h8-19H,20-21H2,1-7H3,(H,37,40). The Hall–Kier alpha value is -3.88. The van der Waals surface area contributed by atoms with Gasteiger partial charge in [0.2, 0.25) is 0 Å². The van der Waals surface area contributed by atoms with Crippen LogP contribution in [-0.2, 0) is 13.1 Å². The highest BCUT2D eigenvalue weighted by atomic mass is 32.2. The van der Waals surface area contributed by atoms with Crippen LogP contribution >= 0.6 is 23.5 Å². The fourth-order valence-electron chi connectivity index (χ4n) is 5.13. The number of furan rings is 1. The summed E-state index contributed by atoms with van der Waals surface area (Å²) in [7, 11) is 4.04. The molecule has 222 valence electrons. The third-order valence-corrected chi connectivity index (χ3v) is 8.87. The van der Waals surface area contributed by atoms with Gasteiger partial charge in [0.25, 0.3) is 0 Å². The minimum atomic E-state index is -0.209. The highest BCUT2D eigenvalue weighted by molar-refractivity contribution is 7.99. The zero-order chi connectivity index (χ0) is 30.7. The molecule has 0 bridgehead atoms. The van der Waals surface area contributed by atoms with Crippen LogP contribution in [-0.4, -0.2) is 42.5 Å². The summed E-state index contributed by atoms with van der Waals surface area (Å²) >= 11 is 3.13. The Morgan fingerprint density at radius 1 is 0.860 bits per heavy atom. The molecule has 8 heteroatoms. The molecular weight excluding hydrogens is 573 g/mol. The first-order valence-corrected chi connectivity index (χ1v) is 16.6. The number of pyridine rings is 1. The lowest BCUT2D eigenvalue weighted by Gasteiger charge is -2.25. The van der Waals surface area contributed by atoms with Crippen molar-refractivity contribution in [1.29, 1.82) is 0 Å². The smallest absolute Gasteiger partial charge is 0.322 e. The van der Waals surface area contributed by atoms with E-state index in [4.69, 9.17) is 9.40 Å². The number of aryl methyl sites for hydroxylation is 3. The molecule has 0 atom stereocenters. The Bertz CT molecular complexity index is 1720. The minimum absolute atomic E-state index is 0.209. The number of carbonyl (C=O) groups excluding carboxylic acids is 1. The van der Waals surface area contributed by atoms with Crippen molar-refractivity contribution in [3.8, 4) is 11.1 Å². The molecule has 0 radical (unpaired) electrons. The van der Waals surface area contributed by atoms with Gasteiger partial charge in [0, 0.05) is 47.9 Å². The first-order chi connectivity index (χ1) is 20.7. The Balaban J connectivity index is 1.58. The maximum Gasteiger partial charge on any atom is 0.322 e. The van der Waals surface area contributed by atoms with Crippen molar-refractivity contribution in [3.05, 3.63) is 101 Å². The number of benzene rings is 3. The molecule has 0 saturated carbocycles. The Kier molecular flexibility index (Phi) is 9.37. The monoisotopic (exact) mass is 610 g/mol. The molecule has 5 aromatic rings. The molecular formula is C35H38N4O2S2. The summed E-state index contributed by atoms with van der Waals surface area (Å²) in [4.78, 5) is 23.8. The van der Waals surface area contributed by atoms with E-state index in [9.17, 15) is 4.79 Å². The number of hydrogen-bond acceptors (Lipinski definition) is 6. The summed E-state index contributed by atoms with van der Waals surface area (Å²) in [6.07, 6.45) is 4.00. The fourth-order valence-corrected chi connectivity index (χ4v) is 6.43. The van der Waals surface area contributed by atoms with Crippen molar-refractivity contribution in [2.75, 3.05) is 36.8 Å². The topological polar surface area (TPSA) is 61.6 Å². The normalized spacial score (nSPS) is 11.1. The zero-order valence-electron chi connectivity index (χ0n) is 25.8. The van der Waals surface area contributed by atoms with E-state index in [1.54, 1.807) is 11.8 Å². The molecule has 3 aromatic carbocycles. The average Bonchev–Trinajstić information content (AvgIpc) is 3.34. The molecule has 2 aromatic heterocycles.